The number of amides is 1. The maximum atomic E-state index is 11.3. The van der Waals surface area contributed by atoms with Gasteiger partial charge in [-0.15, -0.1) is 0 Å². The lowest BCUT2D eigenvalue weighted by atomic mass is 9.95. The first-order valence-corrected chi connectivity index (χ1v) is 6.00. The Morgan fingerprint density at radius 3 is 2.53 bits per heavy atom. The van der Waals surface area contributed by atoms with Crippen LogP contribution >= 0.6 is 0 Å². The Morgan fingerprint density at radius 2 is 2.00 bits per heavy atom. The van der Waals surface area contributed by atoms with Gasteiger partial charge in [-0.25, -0.2) is 0 Å². The molecule has 0 saturated heterocycles. The Labute approximate surface area is 112 Å². The van der Waals surface area contributed by atoms with Gasteiger partial charge in [0.1, 0.15) is 5.75 Å². The number of benzene rings is 1. The molecule has 1 aromatic rings. The van der Waals surface area contributed by atoms with E-state index in [4.69, 9.17) is 4.74 Å². The molecule has 1 amide bonds. The van der Waals surface area contributed by atoms with E-state index in [1.165, 1.54) is 14.0 Å². The summed E-state index contributed by atoms with van der Waals surface area (Å²) < 4.78 is 9.79. The Bertz CT molecular complexity index is 471. The average Bonchev–Trinajstić information content (AvgIpc) is 2.37. The van der Waals surface area contributed by atoms with E-state index in [0.29, 0.717) is 11.4 Å². The van der Waals surface area contributed by atoms with Crippen molar-refractivity contribution in [3.8, 4) is 5.75 Å². The number of hydrogen-bond donors (Lipinski definition) is 1. The van der Waals surface area contributed by atoms with Crippen molar-refractivity contribution in [2.75, 3.05) is 19.5 Å². The van der Waals surface area contributed by atoms with E-state index in [-0.39, 0.29) is 24.2 Å². The Morgan fingerprint density at radius 1 is 1.32 bits per heavy atom. The molecular weight excluding hydrogens is 246 g/mol. The molecule has 0 aliphatic carbocycles. The quantitative estimate of drug-likeness (QED) is 0.830. The van der Waals surface area contributed by atoms with E-state index in [9.17, 15) is 9.59 Å². The van der Waals surface area contributed by atoms with E-state index in [1.807, 2.05) is 13.0 Å². The van der Waals surface area contributed by atoms with Gasteiger partial charge in [0.25, 0.3) is 0 Å². The highest BCUT2D eigenvalue weighted by molar-refractivity contribution is 5.90. The zero-order valence-corrected chi connectivity index (χ0v) is 11.6. The van der Waals surface area contributed by atoms with E-state index in [1.54, 1.807) is 19.2 Å². The molecule has 0 aliphatic heterocycles. The second-order valence-electron chi connectivity index (χ2n) is 4.32. The third-order valence-electron chi connectivity index (χ3n) is 2.80. The van der Waals surface area contributed by atoms with Crippen molar-refractivity contribution in [3.63, 3.8) is 0 Å². The summed E-state index contributed by atoms with van der Waals surface area (Å²) in [5.74, 6) is 0.148. The molecule has 0 unspecified atom stereocenters. The monoisotopic (exact) mass is 265 g/mol. The van der Waals surface area contributed by atoms with Crippen molar-refractivity contribution in [2.24, 2.45) is 0 Å². The van der Waals surface area contributed by atoms with Gasteiger partial charge in [0.15, 0.2) is 0 Å². The van der Waals surface area contributed by atoms with Gasteiger partial charge in [0, 0.05) is 18.7 Å². The highest BCUT2D eigenvalue weighted by atomic mass is 16.5. The maximum absolute atomic E-state index is 11.3. The lowest BCUT2D eigenvalue weighted by molar-refractivity contribution is -0.141. The normalized spacial score (nSPS) is 11.6. The van der Waals surface area contributed by atoms with Crippen molar-refractivity contribution in [2.45, 2.75) is 26.2 Å². The van der Waals surface area contributed by atoms with Crippen LogP contribution in [0.2, 0.25) is 0 Å². The van der Waals surface area contributed by atoms with Gasteiger partial charge < -0.3 is 14.8 Å². The number of esters is 1. The van der Waals surface area contributed by atoms with Crippen LogP contribution in [-0.2, 0) is 14.3 Å². The number of carbonyl (C=O) groups is 2. The molecule has 0 saturated carbocycles. The number of anilines is 1. The summed E-state index contributed by atoms with van der Waals surface area (Å²) in [7, 11) is 2.92. The van der Waals surface area contributed by atoms with Crippen LogP contribution in [0.5, 0.6) is 5.75 Å². The van der Waals surface area contributed by atoms with E-state index in [2.05, 4.69) is 10.1 Å². The zero-order chi connectivity index (χ0) is 14.4. The van der Waals surface area contributed by atoms with Crippen LogP contribution in [0.4, 0.5) is 5.69 Å². The minimum Gasteiger partial charge on any atom is -0.497 e. The number of nitrogens with one attached hydrogen (secondary N) is 1. The smallest absolute Gasteiger partial charge is 0.306 e. The van der Waals surface area contributed by atoms with Crippen LogP contribution in [0.15, 0.2) is 18.2 Å². The average molecular weight is 265 g/mol. The first-order valence-electron chi connectivity index (χ1n) is 6.00. The van der Waals surface area contributed by atoms with Crippen LogP contribution in [-0.4, -0.2) is 26.1 Å². The molecular formula is C14H19NO4. The summed E-state index contributed by atoms with van der Waals surface area (Å²) in [6, 6.07) is 5.39. The van der Waals surface area contributed by atoms with Crippen molar-refractivity contribution < 1.29 is 19.1 Å². The van der Waals surface area contributed by atoms with Gasteiger partial charge in [-0.1, -0.05) is 13.0 Å². The van der Waals surface area contributed by atoms with Crippen LogP contribution in [0.1, 0.15) is 31.7 Å². The Kier molecular flexibility index (Phi) is 5.36. The molecule has 0 radical (unpaired) electrons. The number of ether oxygens (including phenoxy) is 2. The van der Waals surface area contributed by atoms with Gasteiger partial charge in [0.2, 0.25) is 5.91 Å². The highest BCUT2D eigenvalue weighted by Gasteiger charge is 2.16. The molecule has 0 aliphatic rings. The molecule has 1 rings (SSSR count). The van der Waals surface area contributed by atoms with Crippen LogP contribution in [0, 0.1) is 0 Å². The molecule has 19 heavy (non-hydrogen) atoms. The molecule has 0 aromatic heterocycles. The molecule has 0 bridgehead atoms. The largest absolute Gasteiger partial charge is 0.497 e. The van der Waals surface area contributed by atoms with Gasteiger partial charge in [-0.2, -0.15) is 0 Å². The van der Waals surface area contributed by atoms with Crippen LogP contribution in [0.3, 0.4) is 0 Å². The topological polar surface area (TPSA) is 64.6 Å². The van der Waals surface area contributed by atoms with Crippen molar-refractivity contribution in [1.82, 2.24) is 0 Å². The predicted molar refractivity (Wildman–Crippen MR) is 72.3 cm³/mol. The van der Waals surface area contributed by atoms with Crippen molar-refractivity contribution >= 4 is 17.6 Å². The SMILES string of the molecule is COC(=O)C[C@H](C)c1ccc(OC)cc1NC(C)=O. The minimum atomic E-state index is -0.280. The lowest BCUT2D eigenvalue weighted by Gasteiger charge is -2.16. The third kappa shape index (κ3) is 4.28. The first-order chi connectivity index (χ1) is 8.97. The summed E-state index contributed by atoms with van der Waals surface area (Å²) in [6.07, 6.45) is 0.259. The zero-order valence-electron chi connectivity index (χ0n) is 11.6. The van der Waals surface area contributed by atoms with Crippen LogP contribution < -0.4 is 10.1 Å². The summed E-state index contributed by atoms with van der Waals surface area (Å²) in [5.41, 5.74) is 1.53. The fraction of sp³-hybridized carbons (Fsp3) is 0.429. The highest BCUT2D eigenvalue weighted by Crippen LogP contribution is 2.30. The molecule has 0 heterocycles. The van der Waals surface area contributed by atoms with Gasteiger partial charge >= 0.3 is 5.97 Å². The summed E-state index contributed by atoms with van der Waals surface area (Å²) in [4.78, 5) is 22.5. The Balaban J connectivity index is 3.03. The first kappa shape index (κ1) is 15.0. The van der Waals surface area contributed by atoms with E-state index in [0.717, 1.165) is 5.56 Å². The number of hydrogen-bond acceptors (Lipinski definition) is 4. The molecule has 104 valence electrons. The Hall–Kier alpha value is -2.04. The second kappa shape index (κ2) is 6.78. The molecule has 5 heteroatoms. The fourth-order valence-corrected chi connectivity index (χ4v) is 1.83. The number of rotatable bonds is 5. The van der Waals surface area contributed by atoms with Gasteiger partial charge in [-0.05, 0) is 17.5 Å². The molecule has 1 aromatic carbocycles. The standard InChI is InChI=1S/C14H19NO4/c1-9(7-14(17)19-4)12-6-5-11(18-3)8-13(12)15-10(2)16/h5-6,8-9H,7H2,1-4H3,(H,15,16)/t9-/m0/s1. The summed E-state index contributed by atoms with van der Waals surface area (Å²) >= 11 is 0. The lowest BCUT2D eigenvalue weighted by Crippen LogP contribution is -2.12. The summed E-state index contributed by atoms with van der Waals surface area (Å²) in [6.45, 7) is 3.35. The predicted octanol–water partition coefficient (Wildman–Crippen LogP) is 2.32. The van der Waals surface area contributed by atoms with Crippen LogP contribution in [0.25, 0.3) is 0 Å². The molecule has 1 N–H and O–H groups in total. The second-order valence-corrected chi connectivity index (χ2v) is 4.32. The van der Waals surface area contributed by atoms with E-state index >= 15 is 0 Å². The maximum Gasteiger partial charge on any atom is 0.306 e. The van der Waals surface area contributed by atoms with Crippen molar-refractivity contribution in [3.05, 3.63) is 23.8 Å². The van der Waals surface area contributed by atoms with Gasteiger partial charge in [0.05, 0.1) is 20.6 Å². The minimum absolute atomic E-state index is 0.0554. The number of carbonyl (C=O) groups excluding carboxylic acids is 2. The third-order valence-corrected chi connectivity index (χ3v) is 2.80. The van der Waals surface area contributed by atoms with Crippen molar-refractivity contribution in [1.29, 1.82) is 0 Å². The summed E-state index contributed by atoms with van der Waals surface area (Å²) in [5, 5.41) is 2.75. The van der Waals surface area contributed by atoms with E-state index < -0.39 is 0 Å². The molecule has 1 atom stereocenters. The number of methoxy groups -OCH3 is 2. The molecule has 0 fully saturated rings. The fourth-order valence-electron chi connectivity index (χ4n) is 1.83. The molecule has 0 spiro atoms. The molecule has 5 nitrogen and oxygen atoms in total. The van der Waals surface area contributed by atoms with Gasteiger partial charge in [-0.3, -0.25) is 9.59 Å².